The van der Waals surface area contributed by atoms with E-state index in [1.165, 1.54) is 18.5 Å². The van der Waals surface area contributed by atoms with Crippen LogP contribution in [-0.4, -0.2) is 33.8 Å². The Morgan fingerprint density at radius 1 is 1.06 bits per heavy atom. The van der Waals surface area contributed by atoms with Gasteiger partial charge in [0.2, 0.25) is 0 Å². The number of pyridine rings is 2. The molecular weight excluding hydrogens is 395 g/mol. The van der Waals surface area contributed by atoms with Crippen molar-refractivity contribution in [3.05, 3.63) is 78.3 Å². The van der Waals surface area contributed by atoms with Gasteiger partial charge in [0, 0.05) is 35.0 Å². The summed E-state index contributed by atoms with van der Waals surface area (Å²) in [5, 5.41) is 5.18. The molecule has 0 aliphatic carbocycles. The second kappa shape index (κ2) is 8.35. The summed E-state index contributed by atoms with van der Waals surface area (Å²) in [5.41, 5.74) is 2.55. The number of hydrogen-bond acceptors (Lipinski definition) is 6. The molecule has 156 valence electrons. The number of piperidine rings is 1. The summed E-state index contributed by atoms with van der Waals surface area (Å²) in [5.74, 6) is 0.401. The van der Waals surface area contributed by atoms with Crippen LogP contribution >= 0.6 is 0 Å². The third-order valence-corrected chi connectivity index (χ3v) is 5.65. The molecule has 1 fully saturated rings. The van der Waals surface area contributed by atoms with Gasteiger partial charge in [0.1, 0.15) is 17.8 Å². The van der Waals surface area contributed by atoms with Gasteiger partial charge in [-0.1, -0.05) is 12.1 Å². The van der Waals surface area contributed by atoms with Crippen molar-refractivity contribution in [2.75, 3.05) is 13.1 Å². The number of carbonyl (C=O) groups is 1. The molecule has 4 aromatic rings. The molecule has 3 aromatic heterocycles. The lowest BCUT2D eigenvalue weighted by Crippen LogP contribution is -2.26. The average molecular weight is 416 g/mol. The van der Waals surface area contributed by atoms with Gasteiger partial charge in [0.05, 0.1) is 12.6 Å². The average Bonchev–Trinajstić information content (AvgIpc) is 3.30. The van der Waals surface area contributed by atoms with Gasteiger partial charge in [-0.15, -0.1) is 0 Å². The predicted octanol–water partition coefficient (Wildman–Crippen LogP) is 4.32. The van der Waals surface area contributed by atoms with E-state index in [1.807, 2.05) is 24.3 Å². The highest BCUT2D eigenvalue weighted by Crippen LogP contribution is 2.26. The van der Waals surface area contributed by atoms with E-state index in [4.69, 9.17) is 4.42 Å². The van der Waals surface area contributed by atoms with Crippen LogP contribution in [0.2, 0.25) is 0 Å². The third kappa shape index (κ3) is 4.22. The van der Waals surface area contributed by atoms with Crippen molar-refractivity contribution in [2.45, 2.75) is 25.2 Å². The van der Waals surface area contributed by atoms with Crippen LogP contribution in [0.1, 0.15) is 40.8 Å². The predicted molar refractivity (Wildman–Crippen MR) is 114 cm³/mol. The van der Waals surface area contributed by atoms with E-state index < -0.39 is 0 Å². The highest BCUT2D eigenvalue weighted by atomic mass is 19.1. The lowest BCUT2D eigenvalue weighted by Gasteiger charge is -2.19. The number of Topliss-reactive ketones (excluding diaryl/α,β-unsaturated/α-hetero) is 1. The standard InChI is InChI=1S/C24H21FN4O2/c25-20-8-19(11-27-13-20)16-1-2-17-12-28-21(9-18(17)7-16)10-23(30)22-14-31-24(29-22)15-3-5-26-6-4-15/h1-2,7-9,11-15,26H,3-6,10H2. The quantitative estimate of drug-likeness (QED) is 0.488. The zero-order valence-electron chi connectivity index (χ0n) is 16.8. The van der Waals surface area contributed by atoms with Gasteiger partial charge in [0.25, 0.3) is 0 Å². The summed E-state index contributed by atoms with van der Waals surface area (Å²) in [6.07, 6.45) is 8.07. The van der Waals surface area contributed by atoms with Gasteiger partial charge in [-0.05, 0) is 55.1 Å². The molecule has 31 heavy (non-hydrogen) atoms. The number of nitrogens with zero attached hydrogens (tertiary/aromatic N) is 3. The Labute approximate surface area is 178 Å². The van der Waals surface area contributed by atoms with Gasteiger partial charge in [-0.25, -0.2) is 9.37 Å². The Morgan fingerprint density at radius 3 is 2.77 bits per heavy atom. The number of nitrogens with one attached hydrogen (secondary N) is 1. The molecule has 1 aliphatic heterocycles. The van der Waals surface area contributed by atoms with Crippen molar-refractivity contribution in [3.8, 4) is 11.1 Å². The molecule has 5 rings (SSSR count). The second-order valence-corrected chi connectivity index (χ2v) is 7.82. The molecule has 0 unspecified atom stereocenters. The molecule has 0 spiro atoms. The fourth-order valence-electron chi connectivity index (χ4n) is 3.96. The van der Waals surface area contributed by atoms with Crippen molar-refractivity contribution < 1.29 is 13.6 Å². The Bertz CT molecular complexity index is 1250. The minimum Gasteiger partial charge on any atom is -0.448 e. The number of hydrogen-bond donors (Lipinski definition) is 1. The van der Waals surface area contributed by atoms with E-state index in [0.29, 0.717) is 22.8 Å². The second-order valence-electron chi connectivity index (χ2n) is 7.82. The Morgan fingerprint density at radius 2 is 1.94 bits per heavy atom. The highest BCUT2D eigenvalue weighted by Gasteiger charge is 2.22. The molecule has 1 saturated heterocycles. The van der Waals surface area contributed by atoms with Crippen LogP contribution in [0.25, 0.3) is 21.9 Å². The molecule has 6 nitrogen and oxygen atoms in total. The van der Waals surface area contributed by atoms with E-state index in [9.17, 15) is 9.18 Å². The molecule has 1 aliphatic rings. The molecule has 0 amide bonds. The van der Waals surface area contributed by atoms with Gasteiger partial charge >= 0.3 is 0 Å². The first kappa shape index (κ1) is 19.5. The summed E-state index contributed by atoms with van der Waals surface area (Å²) in [4.78, 5) is 25.5. The maximum atomic E-state index is 13.5. The molecule has 0 bridgehead atoms. The first-order valence-electron chi connectivity index (χ1n) is 10.3. The summed E-state index contributed by atoms with van der Waals surface area (Å²) in [6.45, 7) is 1.87. The topological polar surface area (TPSA) is 80.9 Å². The van der Waals surface area contributed by atoms with Crippen molar-refractivity contribution in [2.24, 2.45) is 0 Å². The van der Waals surface area contributed by atoms with Crippen LogP contribution in [0.5, 0.6) is 0 Å². The van der Waals surface area contributed by atoms with Crippen LogP contribution in [0.3, 0.4) is 0 Å². The Hall–Kier alpha value is -3.45. The van der Waals surface area contributed by atoms with Crippen LogP contribution in [0, 0.1) is 5.82 Å². The number of carbonyl (C=O) groups excluding carboxylic acids is 1. The van der Waals surface area contributed by atoms with Crippen molar-refractivity contribution in [1.82, 2.24) is 20.3 Å². The van der Waals surface area contributed by atoms with E-state index in [-0.39, 0.29) is 23.9 Å². The molecule has 7 heteroatoms. The Balaban J connectivity index is 1.36. The molecule has 0 saturated carbocycles. The molecule has 4 heterocycles. The summed E-state index contributed by atoms with van der Waals surface area (Å²) >= 11 is 0. The van der Waals surface area contributed by atoms with Crippen LogP contribution in [0.4, 0.5) is 4.39 Å². The van der Waals surface area contributed by atoms with Crippen molar-refractivity contribution >= 4 is 16.6 Å². The van der Waals surface area contributed by atoms with Gasteiger partial charge in [-0.2, -0.15) is 0 Å². The number of aromatic nitrogens is 3. The van der Waals surface area contributed by atoms with Crippen LogP contribution in [0.15, 0.2) is 59.6 Å². The minimum absolute atomic E-state index is 0.124. The number of benzene rings is 1. The molecule has 1 aromatic carbocycles. The Kier molecular flexibility index (Phi) is 5.26. The summed E-state index contributed by atoms with van der Waals surface area (Å²) < 4.78 is 19.1. The van der Waals surface area contributed by atoms with E-state index >= 15 is 0 Å². The third-order valence-electron chi connectivity index (χ3n) is 5.65. The van der Waals surface area contributed by atoms with Crippen LogP contribution < -0.4 is 5.32 Å². The molecule has 0 radical (unpaired) electrons. The largest absolute Gasteiger partial charge is 0.448 e. The van der Waals surface area contributed by atoms with Crippen molar-refractivity contribution in [1.29, 1.82) is 0 Å². The summed E-state index contributed by atoms with van der Waals surface area (Å²) in [6, 6.07) is 9.12. The fraction of sp³-hybridized carbons (Fsp3) is 0.250. The highest BCUT2D eigenvalue weighted by molar-refractivity contribution is 5.96. The number of fused-ring (bicyclic) bond motifs is 1. The normalized spacial score (nSPS) is 14.7. The smallest absolute Gasteiger partial charge is 0.197 e. The maximum Gasteiger partial charge on any atom is 0.197 e. The zero-order chi connectivity index (χ0) is 21.2. The minimum atomic E-state index is -0.380. The number of oxazole rings is 1. The van der Waals surface area contributed by atoms with Gasteiger partial charge in [0.15, 0.2) is 11.7 Å². The first-order valence-corrected chi connectivity index (χ1v) is 10.3. The maximum absolute atomic E-state index is 13.5. The SMILES string of the molecule is O=C(Cc1cc2cc(-c3cncc(F)c3)ccc2cn1)c1coc(C2CCNCC2)n1. The fourth-order valence-corrected chi connectivity index (χ4v) is 3.96. The van der Waals surface area contributed by atoms with E-state index in [2.05, 4.69) is 20.3 Å². The first-order chi connectivity index (χ1) is 15.2. The number of ketones is 1. The van der Waals surface area contributed by atoms with E-state index in [0.717, 1.165) is 42.3 Å². The van der Waals surface area contributed by atoms with Gasteiger partial charge < -0.3 is 9.73 Å². The van der Waals surface area contributed by atoms with Gasteiger partial charge in [-0.3, -0.25) is 14.8 Å². The zero-order valence-corrected chi connectivity index (χ0v) is 16.8. The number of rotatable bonds is 5. The lowest BCUT2D eigenvalue weighted by molar-refractivity contribution is 0.0987. The molecular formula is C24H21FN4O2. The van der Waals surface area contributed by atoms with Crippen LogP contribution in [-0.2, 0) is 6.42 Å². The molecule has 1 N–H and O–H groups in total. The van der Waals surface area contributed by atoms with Crippen molar-refractivity contribution in [3.63, 3.8) is 0 Å². The molecule has 0 atom stereocenters. The lowest BCUT2D eigenvalue weighted by atomic mass is 9.98. The monoisotopic (exact) mass is 416 g/mol. The summed E-state index contributed by atoms with van der Waals surface area (Å²) in [7, 11) is 0. The van der Waals surface area contributed by atoms with E-state index in [1.54, 1.807) is 12.4 Å². The number of halogens is 1.